The minimum Gasteiger partial charge on any atom is -0.375 e. The number of nitriles is 1. The summed E-state index contributed by atoms with van der Waals surface area (Å²) >= 11 is 5.96. The van der Waals surface area contributed by atoms with Crippen LogP contribution in [0.25, 0.3) is 0 Å². The fraction of sp³-hybridized carbons (Fsp3) is 0.316. The van der Waals surface area contributed by atoms with Gasteiger partial charge in [-0.3, -0.25) is 4.79 Å². The Kier molecular flexibility index (Phi) is 7.12. The fourth-order valence-corrected chi connectivity index (χ4v) is 5.61. The Morgan fingerprint density at radius 2 is 2.14 bits per heavy atom. The van der Waals surface area contributed by atoms with Crippen LogP contribution in [0.3, 0.4) is 0 Å². The minimum absolute atomic E-state index is 0.0953. The molecule has 0 radical (unpaired) electrons. The van der Waals surface area contributed by atoms with Crippen LogP contribution in [-0.2, 0) is 15.5 Å². The number of aliphatic hydroxyl groups excluding tert-OH is 1. The number of amides is 1. The van der Waals surface area contributed by atoms with Gasteiger partial charge in [-0.2, -0.15) is 18.4 Å². The van der Waals surface area contributed by atoms with E-state index in [1.807, 2.05) is 0 Å². The maximum atomic E-state index is 14.9. The van der Waals surface area contributed by atoms with E-state index in [-0.39, 0.29) is 26.4 Å². The van der Waals surface area contributed by atoms with Crippen LogP contribution in [0.15, 0.2) is 33.8 Å². The number of aliphatic hydroxyl groups is 1. The van der Waals surface area contributed by atoms with Gasteiger partial charge in [0.1, 0.15) is 41.2 Å². The number of carbonyl (C=O) groups is 1. The molecular weight excluding hydrogens is 532 g/mol. The van der Waals surface area contributed by atoms with Gasteiger partial charge in [-0.15, -0.1) is 0 Å². The van der Waals surface area contributed by atoms with E-state index in [0.717, 1.165) is 32.3 Å². The molecule has 1 amide bonds. The van der Waals surface area contributed by atoms with E-state index in [1.54, 1.807) is 6.07 Å². The van der Waals surface area contributed by atoms with E-state index in [0.29, 0.717) is 0 Å². The zero-order chi connectivity index (χ0) is 27.1. The Bertz CT molecular complexity index is 1420. The number of nitrogens with zero attached hydrogens (tertiary/aromatic N) is 6. The monoisotopic (exact) mass is 548 g/mol. The highest BCUT2D eigenvalue weighted by Gasteiger charge is 2.53. The second kappa shape index (κ2) is 9.48. The molecule has 0 fully saturated rings. The maximum Gasteiger partial charge on any atom is 0.407 e. The molecule has 3 rings (SSSR count). The highest BCUT2D eigenvalue weighted by Crippen LogP contribution is 2.39. The van der Waals surface area contributed by atoms with Crippen molar-refractivity contribution < 1.29 is 31.7 Å². The lowest BCUT2D eigenvalue weighted by Gasteiger charge is -2.41. The Morgan fingerprint density at radius 3 is 2.69 bits per heavy atom. The summed E-state index contributed by atoms with van der Waals surface area (Å²) in [6.07, 6.45) is -3.78. The molecule has 0 saturated carbocycles. The fourth-order valence-electron chi connectivity index (χ4n) is 3.32. The van der Waals surface area contributed by atoms with Crippen LogP contribution in [-0.4, -0.2) is 60.7 Å². The molecule has 3 heterocycles. The van der Waals surface area contributed by atoms with Crippen molar-refractivity contribution in [3.05, 3.63) is 52.2 Å². The second-order valence-corrected chi connectivity index (χ2v) is 10.2. The van der Waals surface area contributed by atoms with Crippen molar-refractivity contribution >= 4 is 39.2 Å². The number of hydrogen-bond acceptors (Lipinski definition) is 9. The van der Waals surface area contributed by atoms with Gasteiger partial charge in [-0.05, 0) is 25.1 Å². The van der Waals surface area contributed by atoms with E-state index in [1.165, 1.54) is 6.07 Å². The predicted molar refractivity (Wildman–Crippen MR) is 120 cm³/mol. The number of alkyl halides is 3. The number of halogens is 5. The molecule has 2 aromatic rings. The quantitative estimate of drug-likeness (QED) is 0.491. The smallest absolute Gasteiger partial charge is 0.375 e. The number of aliphatic imine (C=N–C) groups is 1. The van der Waals surface area contributed by atoms with E-state index in [4.69, 9.17) is 22.6 Å². The number of pyridine rings is 2. The Balaban J connectivity index is 2.05. The summed E-state index contributed by atoms with van der Waals surface area (Å²) < 4.78 is 70.9. The SMILES string of the molecule is CN=S1(=O)C(O)[C@@](C)(c2nc(NC(=O)c3ncc(C#N)cc3Cl)ccc2F)N=C(N)N1CC(F)(F)F. The lowest BCUT2D eigenvalue weighted by Crippen LogP contribution is -2.59. The first-order chi connectivity index (χ1) is 16.7. The summed E-state index contributed by atoms with van der Waals surface area (Å²) in [7, 11) is -3.40. The number of rotatable bonds is 4. The van der Waals surface area contributed by atoms with Crippen LogP contribution in [0, 0.1) is 17.1 Å². The molecule has 1 aliphatic rings. The number of aromatic nitrogens is 2. The summed E-state index contributed by atoms with van der Waals surface area (Å²) in [5.74, 6) is -3.20. The molecule has 36 heavy (non-hydrogen) atoms. The first-order valence-corrected chi connectivity index (χ1v) is 11.6. The second-order valence-electron chi connectivity index (χ2n) is 7.49. The molecule has 0 aromatic carbocycles. The molecule has 0 spiro atoms. The molecule has 192 valence electrons. The Morgan fingerprint density at radius 1 is 1.47 bits per heavy atom. The maximum absolute atomic E-state index is 14.9. The topological polar surface area (TPSA) is 170 Å². The summed E-state index contributed by atoms with van der Waals surface area (Å²) in [6.45, 7) is -0.785. The third kappa shape index (κ3) is 4.90. The Hall–Kier alpha value is -3.55. The highest BCUT2D eigenvalue weighted by molar-refractivity contribution is 7.92. The van der Waals surface area contributed by atoms with E-state index < -0.39 is 57.0 Å². The van der Waals surface area contributed by atoms with Crippen molar-refractivity contribution in [1.29, 1.82) is 5.26 Å². The number of guanidine groups is 1. The van der Waals surface area contributed by atoms with Gasteiger partial charge in [0.05, 0.1) is 10.6 Å². The van der Waals surface area contributed by atoms with Gasteiger partial charge in [0.2, 0.25) is 5.96 Å². The number of nitrogens with two attached hydrogens (primary N) is 1. The van der Waals surface area contributed by atoms with E-state index >= 15 is 0 Å². The van der Waals surface area contributed by atoms with Crippen molar-refractivity contribution in [2.75, 3.05) is 18.9 Å². The summed E-state index contributed by atoms with van der Waals surface area (Å²) in [5.41, 5.74) is 0.204. The van der Waals surface area contributed by atoms with E-state index in [9.17, 15) is 31.7 Å². The van der Waals surface area contributed by atoms with Gasteiger partial charge in [0, 0.05) is 13.2 Å². The summed E-state index contributed by atoms with van der Waals surface area (Å²) in [6, 6.07) is 4.87. The third-order valence-corrected chi connectivity index (χ3v) is 7.83. The zero-order valence-electron chi connectivity index (χ0n) is 18.4. The van der Waals surface area contributed by atoms with Crippen LogP contribution < -0.4 is 11.1 Å². The van der Waals surface area contributed by atoms with Crippen LogP contribution >= 0.6 is 11.6 Å². The largest absolute Gasteiger partial charge is 0.407 e. The first kappa shape index (κ1) is 27.0. The summed E-state index contributed by atoms with van der Waals surface area (Å²) in [5, 5.41) is 21.9. The van der Waals surface area contributed by atoms with Crippen LogP contribution in [0.1, 0.15) is 28.7 Å². The van der Waals surface area contributed by atoms with Crippen LogP contribution in [0.4, 0.5) is 23.4 Å². The molecule has 11 nitrogen and oxygen atoms in total. The van der Waals surface area contributed by atoms with Crippen molar-refractivity contribution in [2.24, 2.45) is 15.1 Å². The van der Waals surface area contributed by atoms with Crippen molar-refractivity contribution in [1.82, 2.24) is 14.3 Å². The van der Waals surface area contributed by atoms with Crippen molar-refractivity contribution in [2.45, 2.75) is 24.1 Å². The van der Waals surface area contributed by atoms with Gasteiger partial charge in [0.15, 0.2) is 15.4 Å². The lowest BCUT2D eigenvalue weighted by molar-refractivity contribution is -0.131. The average molecular weight is 549 g/mol. The highest BCUT2D eigenvalue weighted by atomic mass is 35.5. The lowest BCUT2D eigenvalue weighted by atomic mass is 9.98. The molecule has 0 bridgehead atoms. The molecule has 0 saturated heterocycles. The molecule has 17 heteroatoms. The molecule has 2 aromatic heterocycles. The third-order valence-electron chi connectivity index (χ3n) is 5.03. The molecule has 1 aliphatic heterocycles. The van der Waals surface area contributed by atoms with Crippen molar-refractivity contribution in [3.63, 3.8) is 0 Å². The number of carbonyl (C=O) groups excluding carboxylic acids is 1. The van der Waals surface area contributed by atoms with Gasteiger partial charge >= 0.3 is 6.18 Å². The van der Waals surface area contributed by atoms with Crippen LogP contribution in [0.5, 0.6) is 0 Å². The Labute approximate surface area is 206 Å². The van der Waals surface area contributed by atoms with E-state index in [2.05, 4.69) is 24.6 Å². The van der Waals surface area contributed by atoms with Gasteiger partial charge in [-0.1, -0.05) is 11.6 Å². The first-order valence-electron chi connectivity index (χ1n) is 9.72. The van der Waals surface area contributed by atoms with Crippen molar-refractivity contribution in [3.8, 4) is 6.07 Å². The number of anilines is 1. The molecule has 4 N–H and O–H groups in total. The van der Waals surface area contributed by atoms with Crippen LogP contribution in [0.2, 0.25) is 5.02 Å². The minimum atomic E-state index is -4.88. The van der Waals surface area contributed by atoms with Gasteiger partial charge < -0.3 is 16.2 Å². The molecular formula is C19H17ClF4N8O3S. The van der Waals surface area contributed by atoms with Gasteiger partial charge in [-0.25, -0.2) is 32.2 Å². The normalized spacial score (nSPS) is 24.0. The standard InChI is InChI=1S/C19H17ClF4N8O3S/c1-18(16(34)36(35,27-2)32(17(26)31-18)8-19(22,23)24)14-11(21)3-4-12(29-14)30-15(33)13-10(20)5-9(6-25)7-28-13/h3-5,7,16,34H,8H2,1-2H3,(H2,26,31)(H,29,30,33)/t16?,18-,36?/m1/s1. The molecule has 0 aliphatic carbocycles. The number of hydrogen-bond donors (Lipinski definition) is 3. The number of nitrogens with one attached hydrogen (secondary N) is 1. The predicted octanol–water partition coefficient (Wildman–Crippen LogP) is 2.13. The molecule has 3 atom stereocenters. The van der Waals surface area contributed by atoms with Gasteiger partial charge in [0.25, 0.3) is 5.91 Å². The molecule has 2 unspecified atom stereocenters. The zero-order valence-corrected chi connectivity index (χ0v) is 20.0. The summed E-state index contributed by atoms with van der Waals surface area (Å²) in [4.78, 5) is 24.1. The average Bonchev–Trinajstić information content (AvgIpc) is 2.80.